The number of esters is 2. The zero-order chi connectivity index (χ0) is 18.7. The number of hydrogen-bond acceptors (Lipinski definition) is 6. The van der Waals surface area contributed by atoms with Gasteiger partial charge >= 0.3 is 11.9 Å². The van der Waals surface area contributed by atoms with E-state index in [0.717, 1.165) is 24.3 Å². The Bertz CT molecular complexity index is 504. The molecule has 1 rings (SSSR count). The molecule has 0 saturated carbocycles. The van der Waals surface area contributed by atoms with E-state index in [9.17, 15) is 14.4 Å². The molecule has 25 heavy (non-hydrogen) atoms. The zero-order valence-electron chi connectivity index (χ0n) is 15.1. The first kappa shape index (κ1) is 20.9. The first-order valence-electron chi connectivity index (χ1n) is 8.75. The standard InChI is InChI=1S/C18H28N2O5/c1-4-6-7-9-14(17(22)25-12-5-2)13-16(21)20-15(18(23)24-3)10-8-11-19-20/h5,11,14-15H,2,4,6-10,12-13H2,1,3H3. The molecule has 2 unspecified atom stereocenters. The van der Waals surface area contributed by atoms with Gasteiger partial charge in [-0.2, -0.15) is 5.10 Å². The fraction of sp³-hybridized carbons (Fsp3) is 0.667. The Kier molecular flexibility index (Phi) is 9.50. The van der Waals surface area contributed by atoms with Crippen molar-refractivity contribution in [3.05, 3.63) is 12.7 Å². The fourth-order valence-corrected chi connectivity index (χ4v) is 2.68. The average Bonchev–Trinajstić information content (AvgIpc) is 2.64. The Balaban J connectivity index is 2.78. The first-order chi connectivity index (χ1) is 12.0. The Morgan fingerprint density at radius 2 is 2.16 bits per heavy atom. The first-order valence-corrected chi connectivity index (χ1v) is 8.75. The second kappa shape index (κ2) is 11.4. The maximum atomic E-state index is 12.6. The lowest BCUT2D eigenvalue weighted by Crippen LogP contribution is -2.45. The number of methoxy groups -OCH3 is 1. The Hall–Kier alpha value is -2.18. The van der Waals surface area contributed by atoms with Crippen LogP contribution in [0.5, 0.6) is 0 Å². The molecular formula is C18H28N2O5. The summed E-state index contributed by atoms with van der Waals surface area (Å²) in [6.45, 7) is 5.70. The van der Waals surface area contributed by atoms with Crippen molar-refractivity contribution >= 4 is 24.1 Å². The lowest BCUT2D eigenvalue weighted by Gasteiger charge is -2.29. The molecule has 1 heterocycles. The maximum absolute atomic E-state index is 12.6. The number of carbonyl (C=O) groups is 3. The molecule has 7 heteroatoms. The highest BCUT2D eigenvalue weighted by atomic mass is 16.5. The van der Waals surface area contributed by atoms with E-state index in [1.165, 1.54) is 13.2 Å². The molecule has 0 fully saturated rings. The molecule has 0 aromatic rings. The van der Waals surface area contributed by atoms with Crippen LogP contribution in [0, 0.1) is 5.92 Å². The Labute approximate surface area is 149 Å². The van der Waals surface area contributed by atoms with Gasteiger partial charge in [0.2, 0.25) is 5.91 Å². The second-order valence-corrected chi connectivity index (χ2v) is 5.97. The van der Waals surface area contributed by atoms with Crippen molar-refractivity contribution in [3.8, 4) is 0 Å². The van der Waals surface area contributed by atoms with E-state index in [1.807, 2.05) is 0 Å². The average molecular weight is 352 g/mol. The number of unbranched alkanes of at least 4 members (excludes halogenated alkanes) is 2. The van der Waals surface area contributed by atoms with Gasteiger partial charge in [-0.25, -0.2) is 9.80 Å². The predicted octanol–water partition coefficient (Wildman–Crippen LogP) is 2.45. The highest BCUT2D eigenvalue weighted by Crippen LogP contribution is 2.21. The van der Waals surface area contributed by atoms with Crippen molar-refractivity contribution < 1.29 is 23.9 Å². The minimum atomic E-state index is -0.733. The van der Waals surface area contributed by atoms with Crippen molar-refractivity contribution in [2.75, 3.05) is 13.7 Å². The van der Waals surface area contributed by atoms with E-state index in [-0.39, 0.29) is 18.9 Å². The van der Waals surface area contributed by atoms with Gasteiger partial charge in [0.1, 0.15) is 6.61 Å². The largest absolute Gasteiger partial charge is 0.467 e. The number of carbonyl (C=O) groups excluding carboxylic acids is 3. The van der Waals surface area contributed by atoms with Crippen LogP contribution in [0.25, 0.3) is 0 Å². The van der Waals surface area contributed by atoms with Crippen LogP contribution in [0.1, 0.15) is 51.9 Å². The van der Waals surface area contributed by atoms with Gasteiger partial charge in [-0.3, -0.25) is 9.59 Å². The Morgan fingerprint density at radius 3 is 2.80 bits per heavy atom. The highest BCUT2D eigenvalue weighted by molar-refractivity contribution is 5.88. The van der Waals surface area contributed by atoms with Crippen LogP contribution < -0.4 is 0 Å². The molecule has 0 aliphatic carbocycles. The van der Waals surface area contributed by atoms with Crippen LogP contribution in [-0.2, 0) is 23.9 Å². The van der Waals surface area contributed by atoms with Crippen molar-refractivity contribution in [2.45, 2.75) is 57.9 Å². The molecule has 140 valence electrons. The third kappa shape index (κ3) is 6.68. The molecule has 0 N–H and O–H groups in total. The van der Waals surface area contributed by atoms with E-state index >= 15 is 0 Å². The molecule has 0 radical (unpaired) electrons. The predicted molar refractivity (Wildman–Crippen MR) is 93.8 cm³/mol. The van der Waals surface area contributed by atoms with E-state index in [1.54, 1.807) is 6.21 Å². The molecular weight excluding hydrogens is 324 g/mol. The van der Waals surface area contributed by atoms with Gasteiger partial charge < -0.3 is 9.47 Å². The summed E-state index contributed by atoms with van der Waals surface area (Å²) in [5.41, 5.74) is 0. The summed E-state index contributed by atoms with van der Waals surface area (Å²) in [7, 11) is 1.28. The summed E-state index contributed by atoms with van der Waals surface area (Å²) < 4.78 is 9.86. The van der Waals surface area contributed by atoms with Crippen LogP contribution in [0.15, 0.2) is 17.8 Å². The zero-order valence-corrected chi connectivity index (χ0v) is 15.1. The summed E-state index contributed by atoms with van der Waals surface area (Å²) >= 11 is 0. The van der Waals surface area contributed by atoms with Crippen LogP contribution in [0.2, 0.25) is 0 Å². The van der Waals surface area contributed by atoms with Crippen LogP contribution >= 0.6 is 0 Å². The molecule has 1 aliphatic rings. The van der Waals surface area contributed by atoms with Gasteiger partial charge in [0.15, 0.2) is 6.04 Å². The number of amides is 1. The quantitative estimate of drug-likeness (QED) is 0.342. The van der Waals surface area contributed by atoms with Crippen LogP contribution in [-0.4, -0.2) is 48.8 Å². The number of rotatable bonds is 10. The topological polar surface area (TPSA) is 85.3 Å². The van der Waals surface area contributed by atoms with Crippen LogP contribution in [0.4, 0.5) is 0 Å². The third-order valence-electron chi connectivity index (χ3n) is 4.05. The minimum Gasteiger partial charge on any atom is -0.467 e. The van der Waals surface area contributed by atoms with Crippen molar-refractivity contribution in [2.24, 2.45) is 11.0 Å². The SMILES string of the molecule is C=CCOC(=O)C(CCCCC)CC(=O)N1N=CCCC1C(=O)OC. The summed E-state index contributed by atoms with van der Waals surface area (Å²) in [5.74, 6) is -1.83. The normalized spacial score (nSPS) is 17.7. The molecule has 0 bridgehead atoms. The van der Waals surface area contributed by atoms with Gasteiger partial charge in [0.05, 0.1) is 13.0 Å². The monoisotopic (exact) mass is 352 g/mol. The number of nitrogens with zero attached hydrogens (tertiary/aromatic N) is 2. The molecule has 0 saturated heterocycles. The fourth-order valence-electron chi connectivity index (χ4n) is 2.68. The van der Waals surface area contributed by atoms with E-state index < -0.39 is 23.9 Å². The number of hydrogen-bond donors (Lipinski definition) is 0. The van der Waals surface area contributed by atoms with Crippen molar-refractivity contribution in [1.82, 2.24) is 5.01 Å². The van der Waals surface area contributed by atoms with E-state index in [4.69, 9.17) is 9.47 Å². The molecule has 7 nitrogen and oxygen atoms in total. The van der Waals surface area contributed by atoms with Crippen molar-refractivity contribution in [1.29, 1.82) is 0 Å². The van der Waals surface area contributed by atoms with Gasteiger partial charge in [-0.15, -0.1) is 0 Å². The van der Waals surface area contributed by atoms with Gasteiger partial charge in [0.25, 0.3) is 0 Å². The van der Waals surface area contributed by atoms with E-state index in [2.05, 4.69) is 18.6 Å². The third-order valence-corrected chi connectivity index (χ3v) is 4.05. The molecule has 1 amide bonds. The lowest BCUT2D eigenvalue weighted by atomic mass is 9.96. The molecule has 0 aromatic carbocycles. The molecule has 1 aliphatic heterocycles. The lowest BCUT2D eigenvalue weighted by molar-refractivity contribution is -0.156. The molecule has 0 spiro atoms. The van der Waals surface area contributed by atoms with Crippen molar-refractivity contribution in [3.63, 3.8) is 0 Å². The number of ether oxygens (including phenoxy) is 2. The summed E-state index contributed by atoms with van der Waals surface area (Å²) in [6, 6.07) is -0.733. The number of hydrazone groups is 1. The van der Waals surface area contributed by atoms with Gasteiger partial charge in [-0.1, -0.05) is 38.8 Å². The summed E-state index contributed by atoms with van der Waals surface area (Å²) in [6.07, 6.45) is 7.51. The smallest absolute Gasteiger partial charge is 0.330 e. The summed E-state index contributed by atoms with van der Waals surface area (Å²) in [4.78, 5) is 36.7. The highest BCUT2D eigenvalue weighted by Gasteiger charge is 2.34. The molecule has 2 atom stereocenters. The van der Waals surface area contributed by atoms with Gasteiger partial charge in [0, 0.05) is 12.6 Å². The molecule has 0 aromatic heterocycles. The van der Waals surface area contributed by atoms with Crippen LogP contribution in [0.3, 0.4) is 0 Å². The minimum absolute atomic E-state index is 0.0372. The second-order valence-electron chi connectivity index (χ2n) is 5.97. The summed E-state index contributed by atoms with van der Waals surface area (Å²) in [5, 5.41) is 5.18. The van der Waals surface area contributed by atoms with Gasteiger partial charge in [-0.05, 0) is 19.3 Å². The maximum Gasteiger partial charge on any atom is 0.330 e. The Morgan fingerprint density at radius 1 is 1.40 bits per heavy atom. The van der Waals surface area contributed by atoms with E-state index in [0.29, 0.717) is 19.3 Å².